The third-order valence-corrected chi connectivity index (χ3v) is 3.70. The van der Waals surface area contributed by atoms with Gasteiger partial charge < -0.3 is 9.52 Å². The molecule has 0 spiro atoms. The third kappa shape index (κ3) is 2.27. The quantitative estimate of drug-likeness (QED) is 0.772. The molecule has 0 fully saturated rings. The van der Waals surface area contributed by atoms with Crippen molar-refractivity contribution >= 4 is 28.5 Å². The van der Waals surface area contributed by atoms with Crippen LogP contribution < -0.4 is 5.43 Å². The van der Waals surface area contributed by atoms with Crippen LogP contribution >= 0.6 is 11.6 Å². The third-order valence-electron chi connectivity index (χ3n) is 3.46. The van der Waals surface area contributed by atoms with Gasteiger partial charge in [0.25, 0.3) is 0 Å². The first-order chi connectivity index (χ1) is 10.5. The van der Waals surface area contributed by atoms with Crippen molar-refractivity contribution in [3.05, 3.63) is 68.8 Å². The first-order valence-corrected chi connectivity index (χ1v) is 6.92. The first kappa shape index (κ1) is 14.4. The molecule has 1 N–H and O–H groups in total. The summed E-state index contributed by atoms with van der Waals surface area (Å²) in [6.45, 7) is 1.65. The van der Waals surface area contributed by atoms with Gasteiger partial charge in [0.05, 0.1) is 5.39 Å². The zero-order valence-electron chi connectivity index (χ0n) is 11.6. The van der Waals surface area contributed by atoms with Gasteiger partial charge in [-0.3, -0.25) is 4.79 Å². The molecule has 0 atom stereocenters. The molecule has 22 heavy (non-hydrogen) atoms. The second-order valence-corrected chi connectivity index (χ2v) is 5.32. The van der Waals surface area contributed by atoms with Crippen LogP contribution in [-0.4, -0.2) is 11.1 Å². The zero-order valence-corrected chi connectivity index (χ0v) is 12.3. The van der Waals surface area contributed by atoms with Crippen molar-refractivity contribution in [2.45, 2.75) is 6.92 Å². The highest BCUT2D eigenvalue weighted by Crippen LogP contribution is 2.28. The highest BCUT2D eigenvalue weighted by atomic mass is 35.5. The van der Waals surface area contributed by atoms with E-state index in [0.717, 1.165) is 0 Å². The lowest BCUT2D eigenvalue weighted by Gasteiger charge is -2.09. The summed E-state index contributed by atoms with van der Waals surface area (Å²) < 4.78 is 5.77. The van der Waals surface area contributed by atoms with Crippen LogP contribution in [0.25, 0.3) is 22.3 Å². The predicted molar refractivity (Wildman–Crippen MR) is 84.6 cm³/mol. The van der Waals surface area contributed by atoms with E-state index in [1.807, 2.05) is 0 Å². The highest BCUT2D eigenvalue weighted by Gasteiger charge is 2.17. The van der Waals surface area contributed by atoms with Crippen molar-refractivity contribution in [2.24, 2.45) is 0 Å². The van der Waals surface area contributed by atoms with Gasteiger partial charge in [0.15, 0.2) is 11.0 Å². The van der Waals surface area contributed by atoms with Crippen LogP contribution in [0.2, 0.25) is 5.02 Å². The van der Waals surface area contributed by atoms with Crippen LogP contribution in [0.1, 0.15) is 15.9 Å². The minimum atomic E-state index is -1.14. The molecule has 0 unspecified atom stereocenters. The first-order valence-electron chi connectivity index (χ1n) is 6.54. The Morgan fingerprint density at radius 3 is 2.59 bits per heavy atom. The Morgan fingerprint density at radius 2 is 1.91 bits per heavy atom. The summed E-state index contributed by atoms with van der Waals surface area (Å²) in [6.07, 6.45) is 0. The number of carboxylic acid groups (broad SMARTS) is 1. The van der Waals surface area contributed by atoms with Crippen LogP contribution in [0.15, 0.2) is 51.7 Å². The van der Waals surface area contributed by atoms with Gasteiger partial charge in [-0.2, -0.15) is 0 Å². The monoisotopic (exact) mass is 314 g/mol. The van der Waals surface area contributed by atoms with Gasteiger partial charge in [-0.05, 0) is 31.2 Å². The summed E-state index contributed by atoms with van der Waals surface area (Å²) in [5.41, 5.74) is 0.819. The van der Waals surface area contributed by atoms with E-state index in [2.05, 4.69) is 0 Å². The van der Waals surface area contributed by atoms with Crippen LogP contribution in [0.4, 0.5) is 0 Å². The van der Waals surface area contributed by atoms with Gasteiger partial charge in [-0.1, -0.05) is 29.8 Å². The lowest BCUT2D eigenvalue weighted by molar-refractivity contribution is 0.0698. The van der Waals surface area contributed by atoms with Crippen LogP contribution in [0.3, 0.4) is 0 Å². The van der Waals surface area contributed by atoms with Crippen molar-refractivity contribution in [2.75, 3.05) is 0 Å². The Kier molecular flexibility index (Phi) is 3.47. The van der Waals surface area contributed by atoms with Gasteiger partial charge in [0.1, 0.15) is 11.3 Å². The molecule has 0 amide bonds. The van der Waals surface area contributed by atoms with E-state index >= 15 is 0 Å². The molecule has 0 aliphatic carbocycles. The average Bonchev–Trinajstić information content (AvgIpc) is 2.50. The number of para-hydroxylation sites is 1. The van der Waals surface area contributed by atoms with E-state index in [1.165, 1.54) is 12.1 Å². The maximum Gasteiger partial charge on any atom is 0.339 e. The summed E-state index contributed by atoms with van der Waals surface area (Å²) in [5, 5.41) is 10.0. The van der Waals surface area contributed by atoms with E-state index in [4.69, 9.17) is 16.0 Å². The van der Waals surface area contributed by atoms with Crippen molar-refractivity contribution in [3.63, 3.8) is 0 Å². The summed E-state index contributed by atoms with van der Waals surface area (Å²) in [5.74, 6) is -0.816. The number of benzene rings is 2. The van der Waals surface area contributed by atoms with Gasteiger partial charge in [-0.25, -0.2) is 4.79 Å². The summed E-state index contributed by atoms with van der Waals surface area (Å²) in [4.78, 5) is 23.8. The van der Waals surface area contributed by atoms with E-state index in [0.29, 0.717) is 21.9 Å². The molecule has 0 radical (unpaired) electrons. The van der Waals surface area contributed by atoms with Crippen molar-refractivity contribution in [1.29, 1.82) is 0 Å². The number of carboxylic acids is 1. The molecule has 5 heteroatoms. The maximum atomic E-state index is 12.5. The van der Waals surface area contributed by atoms with Crippen LogP contribution in [0.5, 0.6) is 0 Å². The number of hydrogen-bond donors (Lipinski definition) is 1. The second-order valence-electron chi connectivity index (χ2n) is 4.88. The molecule has 0 saturated heterocycles. The van der Waals surface area contributed by atoms with Gasteiger partial charge in [-0.15, -0.1) is 0 Å². The minimum Gasteiger partial charge on any atom is -0.478 e. The Labute approximate surface area is 130 Å². The fourth-order valence-electron chi connectivity index (χ4n) is 2.38. The summed E-state index contributed by atoms with van der Waals surface area (Å²) in [6, 6.07) is 11.4. The molecule has 0 saturated carbocycles. The lowest BCUT2D eigenvalue weighted by Crippen LogP contribution is -2.09. The molecule has 1 heterocycles. The molecule has 3 rings (SSSR count). The second kappa shape index (κ2) is 5.31. The number of aromatic carboxylic acids is 1. The number of halogens is 1. The highest BCUT2D eigenvalue weighted by molar-refractivity contribution is 6.30. The normalized spacial score (nSPS) is 10.8. The van der Waals surface area contributed by atoms with Crippen LogP contribution in [-0.2, 0) is 0 Å². The molecule has 0 bridgehead atoms. The summed E-state index contributed by atoms with van der Waals surface area (Å²) >= 11 is 5.97. The zero-order chi connectivity index (χ0) is 15.9. The van der Waals surface area contributed by atoms with Gasteiger partial charge >= 0.3 is 5.97 Å². The number of carbonyl (C=O) groups is 1. The SMILES string of the molecule is Cc1c(-c2cccc(Cl)c2)oc2c(C(=O)O)cccc2c1=O. The van der Waals surface area contributed by atoms with Crippen molar-refractivity contribution in [3.8, 4) is 11.3 Å². The smallest absolute Gasteiger partial charge is 0.339 e. The fraction of sp³-hybridized carbons (Fsp3) is 0.0588. The Hall–Kier alpha value is -2.59. The van der Waals surface area contributed by atoms with E-state index in [1.54, 1.807) is 37.3 Å². The average molecular weight is 315 g/mol. The molecule has 110 valence electrons. The Morgan fingerprint density at radius 1 is 1.18 bits per heavy atom. The maximum absolute atomic E-state index is 12.5. The van der Waals surface area contributed by atoms with Gasteiger partial charge in [0, 0.05) is 16.1 Å². The molecule has 0 aliphatic heterocycles. The Bertz CT molecular complexity index is 957. The molecule has 3 aromatic rings. The molecule has 4 nitrogen and oxygen atoms in total. The summed E-state index contributed by atoms with van der Waals surface area (Å²) in [7, 11) is 0. The molecule has 1 aromatic heterocycles. The van der Waals surface area contributed by atoms with Crippen molar-refractivity contribution in [1.82, 2.24) is 0 Å². The van der Waals surface area contributed by atoms with E-state index in [9.17, 15) is 14.7 Å². The number of rotatable bonds is 2. The van der Waals surface area contributed by atoms with Crippen LogP contribution in [0, 0.1) is 6.92 Å². The largest absolute Gasteiger partial charge is 0.478 e. The molecule has 0 aliphatic rings. The number of hydrogen-bond acceptors (Lipinski definition) is 3. The predicted octanol–water partition coefficient (Wildman–Crippen LogP) is 4.12. The van der Waals surface area contributed by atoms with Gasteiger partial charge in [0.2, 0.25) is 0 Å². The molecular weight excluding hydrogens is 304 g/mol. The standard InChI is InChI=1S/C17H11ClO4/c1-9-14(19)12-6-3-7-13(17(20)21)16(12)22-15(9)10-4-2-5-11(18)8-10/h2-8H,1H3,(H,20,21). The topological polar surface area (TPSA) is 67.5 Å². The fourth-order valence-corrected chi connectivity index (χ4v) is 2.57. The lowest BCUT2D eigenvalue weighted by atomic mass is 10.0. The van der Waals surface area contributed by atoms with Crippen molar-refractivity contribution < 1.29 is 14.3 Å². The molecular formula is C17H11ClO4. The number of fused-ring (bicyclic) bond motifs is 1. The minimum absolute atomic E-state index is 0.0436. The Balaban J connectivity index is 2.42. The van der Waals surface area contributed by atoms with E-state index in [-0.39, 0.29) is 22.0 Å². The van der Waals surface area contributed by atoms with E-state index < -0.39 is 5.97 Å². The molecule has 2 aromatic carbocycles.